The van der Waals surface area contributed by atoms with E-state index in [1.54, 1.807) is 11.3 Å². The minimum atomic E-state index is -0.160. The monoisotopic (exact) mass is 381 g/mol. The highest BCUT2D eigenvalue weighted by atomic mass is 32.1. The van der Waals surface area contributed by atoms with Crippen LogP contribution in [-0.4, -0.2) is 15.5 Å². The molecular formula is C21H23N3O2S. The highest BCUT2D eigenvalue weighted by Gasteiger charge is 2.22. The summed E-state index contributed by atoms with van der Waals surface area (Å²) in [6.45, 7) is 2.10. The molecule has 0 fully saturated rings. The Morgan fingerprint density at radius 1 is 1.30 bits per heavy atom. The van der Waals surface area contributed by atoms with E-state index in [4.69, 9.17) is 0 Å². The van der Waals surface area contributed by atoms with Crippen LogP contribution in [0.15, 0.2) is 41.5 Å². The molecule has 0 unspecified atom stereocenters. The molecule has 0 saturated carbocycles. The van der Waals surface area contributed by atoms with Crippen molar-refractivity contribution in [1.29, 1.82) is 0 Å². The third-order valence-electron chi connectivity index (χ3n) is 5.12. The van der Waals surface area contributed by atoms with Gasteiger partial charge < -0.3 is 5.32 Å². The fourth-order valence-corrected chi connectivity index (χ4v) is 5.04. The topological polar surface area (TPSA) is 64.0 Å². The summed E-state index contributed by atoms with van der Waals surface area (Å²) >= 11 is 1.62. The molecule has 1 N–H and O–H groups in total. The van der Waals surface area contributed by atoms with Gasteiger partial charge in [-0.25, -0.2) is 4.98 Å². The molecule has 2 aromatic heterocycles. The van der Waals surface area contributed by atoms with E-state index in [9.17, 15) is 9.59 Å². The van der Waals surface area contributed by atoms with Crippen LogP contribution in [0.25, 0.3) is 10.2 Å². The van der Waals surface area contributed by atoms with E-state index in [2.05, 4.69) is 17.2 Å². The molecule has 27 heavy (non-hydrogen) atoms. The van der Waals surface area contributed by atoms with Crippen LogP contribution in [0.2, 0.25) is 0 Å². The maximum Gasteiger partial charge on any atom is 0.262 e. The first-order chi connectivity index (χ1) is 13.2. The lowest BCUT2D eigenvalue weighted by atomic mass is 10.0. The smallest absolute Gasteiger partial charge is 0.262 e. The maximum absolute atomic E-state index is 12.9. The van der Waals surface area contributed by atoms with Crippen LogP contribution in [0.1, 0.15) is 48.2 Å². The molecule has 1 aliphatic rings. The number of hydrogen-bond acceptors (Lipinski definition) is 4. The molecule has 0 spiro atoms. The molecule has 1 aliphatic carbocycles. The fourth-order valence-electron chi connectivity index (χ4n) is 3.82. The van der Waals surface area contributed by atoms with E-state index < -0.39 is 0 Å². The number of hydrogen-bond donors (Lipinski definition) is 1. The second kappa shape index (κ2) is 7.64. The van der Waals surface area contributed by atoms with E-state index >= 15 is 0 Å². The number of rotatable bonds is 6. The lowest BCUT2D eigenvalue weighted by molar-refractivity contribution is -0.122. The first-order valence-electron chi connectivity index (χ1n) is 9.51. The highest BCUT2D eigenvalue weighted by molar-refractivity contribution is 7.18. The quantitative estimate of drug-likeness (QED) is 0.709. The van der Waals surface area contributed by atoms with Crippen molar-refractivity contribution in [2.75, 3.05) is 0 Å². The summed E-state index contributed by atoms with van der Waals surface area (Å²) in [5.74, 6) is -0.160. The third-order valence-corrected chi connectivity index (χ3v) is 6.32. The van der Waals surface area contributed by atoms with E-state index in [-0.39, 0.29) is 24.1 Å². The number of benzene rings is 1. The largest absolute Gasteiger partial charge is 0.348 e. The minimum absolute atomic E-state index is 0.000554. The molecule has 1 amide bonds. The normalized spacial score (nSPS) is 14.3. The van der Waals surface area contributed by atoms with Gasteiger partial charge in [-0.3, -0.25) is 14.2 Å². The number of thiophene rings is 1. The Bertz CT molecular complexity index is 1020. The fraction of sp³-hybridized carbons (Fsp3) is 0.381. The van der Waals surface area contributed by atoms with Crippen LogP contribution in [0, 0.1) is 0 Å². The highest BCUT2D eigenvalue weighted by Crippen LogP contribution is 2.34. The summed E-state index contributed by atoms with van der Waals surface area (Å²) in [6, 6.07) is 9.92. The van der Waals surface area contributed by atoms with Crippen LogP contribution in [0.5, 0.6) is 0 Å². The molecule has 1 atom stereocenters. The molecule has 0 aliphatic heterocycles. The lowest BCUT2D eigenvalue weighted by Gasteiger charge is -2.19. The SMILES string of the molecule is CCC[C@H](NC(=O)Cn1cnc2sc3c(c2c1=O)CCC3)c1ccccc1. The molecule has 5 nitrogen and oxygen atoms in total. The molecule has 0 radical (unpaired) electrons. The van der Waals surface area contributed by atoms with Crippen LogP contribution < -0.4 is 10.9 Å². The van der Waals surface area contributed by atoms with Crippen molar-refractivity contribution in [3.63, 3.8) is 0 Å². The van der Waals surface area contributed by atoms with Crippen molar-refractivity contribution in [2.45, 2.75) is 51.6 Å². The van der Waals surface area contributed by atoms with Gasteiger partial charge in [0.2, 0.25) is 5.91 Å². The number of amides is 1. The van der Waals surface area contributed by atoms with Gasteiger partial charge in [0.1, 0.15) is 11.4 Å². The van der Waals surface area contributed by atoms with Gasteiger partial charge in [0, 0.05) is 4.88 Å². The van der Waals surface area contributed by atoms with Gasteiger partial charge >= 0.3 is 0 Å². The average molecular weight is 382 g/mol. The summed E-state index contributed by atoms with van der Waals surface area (Å²) in [5.41, 5.74) is 2.14. The molecule has 2 heterocycles. The number of aromatic nitrogens is 2. The molecule has 1 aromatic carbocycles. The molecule has 3 aromatic rings. The second-order valence-electron chi connectivity index (χ2n) is 7.03. The van der Waals surface area contributed by atoms with E-state index in [0.29, 0.717) is 0 Å². The van der Waals surface area contributed by atoms with Crippen molar-refractivity contribution in [1.82, 2.24) is 14.9 Å². The Balaban J connectivity index is 1.55. The Kier molecular flexibility index (Phi) is 5.07. The van der Waals surface area contributed by atoms with Crippen LogP contribution in [-0.2, 0) is 24.2 Å². The van der Waals surface area contributed by atoms with Crippen LogP contribution >= 0.6 is 11.3 Å². The Hall–Kier alpha value is -2.47. The number of nitrogens with zero attached hydrogens (tertiary/aromatic N) is 2. The number of aryl methyl sites for hydroxylation is 2. The van der Waals surface area contributed by atoms with Crippen LogP contribution in [0.3, 0.4) is 0 Å². The Morgan fingerprint density at radius 3 is 2.89 bits per heavy atom. The van der Waals surface area contributed by atoms with E-state index in [1.165, 1.54) is 15.8 Å². The molecule has 6 heteroatoms. The lowest BCUT2D eigenvalue weighted by Crippen LogP contribution is -2.34. The van der Waals surface area contributed by atoms with Gasteiger partial charge in [-0.2, -0.15) is 0 Å². The average Bonchev–Trinajstić information content (AvgIpc) is 3.25. The van der Waals surface area contributed by atoms with Crippen molar-refractivity contribution in [3.05, 3.63) is 63.0 Å². The number of carbonyl (C=O) groups excluding carboxylic acids is 1. The predicted octanol–water partition coefficient (Wildman–Crippen LogP) is 3.60. The number of nitrogens with one attached hydrogen (secondary N) is 1. The van der Waals surface area contributed by atoms with Gasteiger partial charge in [-0.15, -0.1) is 11.3 Å². The van der Waals surface area contributed by atoms with Gasteiger partial charge in [-0.1, -0.05) is 43.7 Å². The molecule has 0 saturated heterocycles. The summed E-state index contributed by atoms with van der Waals surface area (Å²) in [6.07, 6.45) is 6.41. The summed E-state index contributed by atoms with van der Waals surface area (Å²) < 4.78 is 1.44. The van der Waals surface area contributed by atoms with Gasteiger partial charge in [0.15, 0.2) is 0 Å². The summed E-state index contributed by atoms with van der Waals surface area (Å²) in [7, 11) is 0. The third kappa shape index (κ3) is 3.54. The van der Waals surface area contributed by atoms with Crippen molar-refractivity contribution < 1.29 is 4.79 Å². The van der Waals surface area contributed by atoms with Crippen LogP contribution in [0.4, 0.5) is 0 Å². The first kappa shape index (κ1) is 17.9. The molecular weight excluding hydrogens is 358 g/mol. The van der Waals surface area contributed by atoms with Crippen molar-refractivity contribution in [2.24, 2.45) is 0 Å². The van der Waals surface area contributed by atoms with Crippen molar-refractivity contribution in [3.8, 4) is 0 Å². The zero-order chi connectivity index (χ0) is 18.8. The van der Waals surface area contributed by atoms with Gasteiger partial charge in [0.05, 0.1) is 17.8 Å². The minimum Gasteiger partial charge on any atom is -0.348 e. The second-order valence-corrected chi connectivity index (χ2v) is 8.12. The predicted molar refractivity (Wildman–Crippen MR) is 108 cm³/mol. The molecule has 4 rings (SSSR count). The zero-order valence-corrected chi connectivity index (χ0v) is 16.2. The summed E-state index contributed by atoms with van der Waals surface area (Å²) in [4.78, 5) is 32.1. The van der Waals surface area contributed by atoms with Crippen molar-refractivity contribution >= 4 is 27.5 Å². The van der Waals surface area contributed by atoms with Gasteiger partial charge in [-0.05, 0) is 36.8 Å². The number of carbonyl (C=O) groups is 1. The first-order valence-corrected chi connectivity index (χ1v) is 10.3. The van der Waals surface area contributed by atoms with E-state index in [0.717, 1.165) is 53.4 Å². The zero-order valence-electron chi connectivity index (χ0n) is 15.4. The number of fused-ring (bicyclic) bond motifs is 3. The van der Waals surface area contributed by atoms with E-state index in [1.807, 2.05) is 30.3 Å². The maximum atomic E-state index is 12.9. The molecule has 0 bridgehead atoms. The standard InChI is InChI=1S/C21H23N3O2S/c1-2-7-16(14-8-4-3-5-9-14)23-18(25)12-24-13-22-20-19(21(24)26)15-10-6-11-17(15)27-20/h3-5,8-9,13,16H,2,6-7,10-12H2,1H3,(H,23,25)/t16-/m0/s1. The Morgan fingerprint density at radius 2 is 2.11 bits per heavy atom. The molecule has 140 valence electrons. The van der Waals surface area contributed by atoms with Gasteiger partial charge in [0.25, 0.3) is 5.56 Å². The summed E-state index contributed by atoms with van der Waals surface area (Å²) in [5, 5.41) is 3.80. The Labute approximate surface area is 162 Å².